The van der Waals surface area contributed by atoms with Gasteiger partial charge in [0.15, 0.2) is 16.6 Å². The van der Waals surface area contributed by atoms with Gasteiger partial charge in [-0.25, -0.2) is 0 Å². The van der Waals surface area contributed by atoms with E-state index in [2.05, 4.69) is 15.8 Å². The van der Waals surface area contributed by atoms with Crippen LogP contribution in [0.25, 0.3) is 0 Å². The van der Waals surface area contributed by atoms with E-state index in [1.165, 1.54) is 0 Å². The van der Waals surface area contributed by atoms with Gasteiger partial charge in [-0.2, -0.15) is 5.10 Å². The van der Waals surface area contributed by atoms with Crippen LogP contribution in [0.2, 0.25) is 5.02 Å². The molecule has 0 aliphatic rings. The van der Waals surface area contributed by atoms with Gasteiger partial charge in [-0.05, 0) is 54.2 Å². The van der Waals surface area contributed by atoms with Gasteiger partial charge in [0.2, 0.25) is 0 Å². The van der Waals surface area contributed by atoms with Gasteiger partial charge in [0, 0.05) is 5.69 Å². The monoisotopic (exact) mass is 455 g/mol. The van der Waals surface area contributed by atoms with E-state index in [-0.39, 0.29) is 0 Å². The number of hydrogen-bond donors (Lipinski definition) is 2. The van der Waals surface area contributed by atoms with E-state index in [1.807, 2.05) is 60.7 Å². The number of hydrazone groups is 1. The van der Waals surface area contributed by atoms with Crippen LogP contribution < -0.4 is 25.0 Å². The predicted molar refractivity (Wildman–Crippen MR) is 129 cm³/mol. The molecule has 0 atom stereocenters. The summed E-state index contributed by atoms with van der Waals surface area (Å²) in [7, 11) is 1.55. The molecule has 2 N–H and O–H groups in total. The number of anilines is 1. The van der Waals surface area contributed by atoms with E-state index >= 15 is 0 Å². The SMILES string of the molecule is COc1cc(/C=N/NC(=S)Nc2ccccc2)cc(Cl)c1OCCOc1ccccc1. The fraction of sp³-hybridized carbons (Fsp3) is 0.130. The van der Waals surface area contributed by atoms with Gasteiger partial charge in [-0.3, -0.25) is 5.43 Å². The summed E-state index contributed by atoms with van der Waals surface area (Å²) in [5.41, 5.74) is 4.37. The molecule has 0 saturated heterocycles. The van der Waals surface area contributed by atoms with Gasteiger partial charge in [0.05, 0.1) is 18.3 Å². The second kappa shape index (κ2) is 11.8. The third kappa shape index (κ3) is 7.16. The first-order valence-electron chi connectivity index (χ1n) is 9.49. The third-order valence-corrected chi connectivity index (χ3v) is 4.48. The summed E-state index contributed by atoms with van der Waals surface area (Å²) in [6.07, 6.45) is 1.59. The third-order valence-electron chi connectivity index (χ3n) is 4.00. The second-order valence-electron chi connectivity index (χ2n) is 6.23. The van der Waals surface area contributed by atoms with Crippen LogP contribution in [0.4, 0.5) is 5.69 Å². The van der Waals surface area contributed by atoms with Crippen LogP contribution >= 0.6 is 23.8 Å². The van der Waals surface area contributed by atoms with Crippen molar-refractivity contribution in [2.45, 2.75) is 0 Å². The van der Waals surface area contributed by atoms with Gasteiger partial charge in [-0.15, -0.1) is 0 Å². The first-order valence-corrected chi connectivity index (χ1v) is 10.3. The number of benzene rings is 3. The second-order valence-corrected chi connectivity index (χ2v) is 7.05. The minimum Gasteiger partial charge on any atom is -0.493 e. The maximum Gasteiger partial charge on any atom is 0.191 e. The Hall–Kier alpha value is -3.29. The molecule has 0 aromatic heterocycles. The average molecular weight is 456 g/mol. The molecule has 6 nitrogen and oxygen atoms in total. The highest BCUT2D eigenvalue weighted by molar-refractivity contribution is 7.80. The zero-order valence-electron chi connectivity index (χ0n) is 16.9. The number of ether oxygens (including phenoxy) is 3. The average Bonchev–Trinajstić information content (AvgIpc) is 2.79. The largest absolute Gasteiger partial charge is 0.493 e. The fourth-order valence-corrected chi connectivity index (χ4v) is 3.06. The molecule has 160 valence electrons. The van der Waals surface area contributed by atoms with Crippen molar-refractivity contribution in [3.05, 3.63) is 83.4 Å². The molecule has 3 aromatic rings. The van der Waals surface area contributed by atoms with Crippen molar-refractivity contribution < 1.29 is 14.2 Å². The van der Waals surface area contributed by atoms with Crippen molar-refractivity contribution in [2.75, 3.05) is 25.6 Å². The lowest BCUT2D eigenvalue weighted by molar-refractivity contribution is 0.211. The molecule has 0 aliphatic heterocycles. The maximum atomic E-state index is 6.39. The van der Waals surface area contributed by atoms with E-state index in [9.17, 15) is 0 Å². The number of thiocarbonyl (C=S) groups is 1. The van der Waals surface area contributed by atoms with Gasteiger partial charge >= 0.3 is 0 Å². The quantitative estimate of drug-likeness (QED) is 0.202. The van der Waals surface area contributed by atoms with Crippen LogP contribution in [0.1, 0.15) is 5.56 Å². The first-order chi connectivity index (χ1) is 15.2. The normalized spacial score (nSPS) is 10.5. The highest BCUT2D eigenvalue weighted by Crippen LogP contribution is 2.36. The zero-order chi connectivity index (χ0) is 21.9. The topological polar surface area (TPSA) is 64.1 Å². The molecule has 3 aromatic carbocycles. The lowest BCUT2D eigenvalue weighted by atomic mass is 10.2. The Bertz CT molecular complexity index is 1020. The Labute approximate surface area is 191 Å². The van der Waals surface area contributed by atoms with Crippen LogP contribution in [0.3, 0.4) is 0 Å². The minimum atomic E-state index is 0.319. The van der Waals surface area contributed by atoms with Crippen LogP contribution in [-0.2, 0) is 0 Å². The molecule has 0 aliphatic carbocycles. The van der Waals surface area contributed by atoms with Crippen molar-refractivity contribution >= 4 is 40.8 Å². The van der Waals surface area contributed by atoms with Crippen LogP contribution in [-0.4, -0.2) is 31.7 Å². The molecule has 31 heavy (non-hydrogen) atoms. The van der Waals surface area contributed by atoms with Crippen molar-refractivity contribution in [3.63, 3.8) is 0 Å². The molecule has 0 unspecified atom stereocenters. The Balaban J connectivity index is 1.54. The van der Waals surface area contributed by atoms with Gasteiger partial charge in [0.25, 0.3) is 0 Å². The summed E-state index contributed by atoms with van der Waals surface area (Å²) in [6.45, 7) is 0.696. The number of halogens is 1. The summed E-state index contributed by atoms with van der Waals surface area (Å²) in [5.74, 6) is 1.73. The Kier molecular flexibility index (Phi) is 8.51. The molecule has 0 radical (unpaired) electrons. The molecule has 0 heterocycles. The van der Waals surface area contributed by atoms with E-state index in [1.54, 1.807) is 25.5 Å². The number of nitrogens with zero attached hydrogens (tertiary/aromatic N) is 1. The molecule has 8 heteroatoms. The van der Waals surface area contributed by atoms with E-state index in [0.29, 0.717) is 34.8 Å². The Morgan fingerprint density at radius 2 is 1.68 bits per heavy atom. The van der Waals surface area contributed by atoms with Gasteiger partial charge in [-0.1, -0.05) is 48.0 Å². The lowest BCUT2D eigenvalue weighted by Crippen LogP contribution is -2.23. The molecule has 0 spiro atoms. The Morgan fingerprint density at radius 3 is 2.39 bits per heavy atom. The summed E-state index contributed by atoms with van der Waals surface area (Å²) >= 11 is 11.6. The highest BCUT2D eigenvalue weighted by Gasteiger charge is 2.11. The molecule has 0 amide bonds. The molecular weight excluding hydrogens is 434 g/mol. The number of rotatable bonds is 9. The summed E-state index contributed by atoms with van der Waals surface area (Å²) < 4.78 is 16.8. The fourth-order valence-electron chi connectivity index (χ4n) is 2.62. The minimum absolute atomic E-state index is 0.319. The maximum absolute atomic E-state index is 6.39. The molecule has 3 rings (SSSR count). The Morgan fingerprint density at radius 1 is 1.00 bits per heavy atom. The van der Waals surface area contributed by atoms with Gasteiger partial charge in [0.1, 0.15) is 19.0 Å². The van der Waals surface area contributed by atoms with Crippen molar-refractivity contribution in [2.24, 2.45) is 5.10 Å². The van der Waals surface area contributed by atoms with Crippen LogP contribution in [0.15, 0.2) is 77.9 Å². The number of para-hydroxylation sites is 2. The molecule has 0 saturated carbocycles. The van der Waals surface area contributed by atoms with Crippen LogP contribution in [0.5, 0.6) is 17.2 Å². The van der Waals surface area contributed by atoms with Crippen LogP contribution in [0, 0.1) is 0 Å². The number of hydrogen-bond acceptors (Lipinski definition) is 5. The standard InChI is InChI=1S/C23H22ClN3O3S/c1-28-21-15-17(16-25-27-23(31)26-18-8-4-2-5-9-18)14-20(24)22(21)30-13-12-29-19-10-6-3-7-11-19/h2-11,14-16H,12-13H2,1H3,(H2,26,27,31)/b25-16+. The molecule has 0 bridgehead atoms. The summed E-state index contributed by atoms with van der Waals surface area (Å²) in [6, 6.07) is 22.6. The zero-order valence-corrected chi connectivity index (χ0v) is 18.5. The predicted octanol–water partition coefficient (Wildman–Crippen LogP) is 5.13. The smallest absolute Gasteiger partial charge is 0.191 e. The van der Waals surface area contributed by atoms with E-state index in [0.717, 1.165) is 17.0 Å². The van der Waals surface area contributed by atoms with Crippen molar-refractivity contribution in [1.29, 1.82) is 0 Å². The van der Waals surface area contributed by atoms with E-state index in [4.69, 9.17) is 38.0 Å². The molecular formula is C23H22ClN3O3S. The molecule has 0 fully saturated rings. The van der Waals surface area contributed by atoms with Crippen molar-refractivity contribution in [1.82, 2.24) is 5.43 Å². The number of nitrogens with one attached hydrogen (secondary N) is 2. The van der Waals surface area contributed by atoms with Crippen molar-refractivity contribution in [3.8, 4) is 17.2 Å². The highest BCUT2D eigenvalue weighted by atomic mass is 35.5. The first kappa shape index (κ1) is 22.4. The van der Waals surface area contributed by atoms with E-state index < -0.39 is 0 Å². The summed E-state index contributed by atoms with van der Waals surface area (Å²) in [4.78, 5) is 0. The lowest BCUT2D eigenvalue weighted by Gasteiger charge is -2.14. The number of methoxy groups -OCH3 is 1. The van der Waals surface area contributed by atoms with Gasteiger partial charge < -0.3 is 19.5 Å². The summed E-state index contributed by atoms with van der Waals surface area (Å²) in [5, 5.41) is 7.96.